The molecule has 0 aliphatic carbocycles. The number of nitrogens with zero attached hydrogens (tertiary/aromatic N) is 1. The van der Waals surface area contributed by atoms with Crippen LogP contribution < -0.4 is 10.1 Å². The van der Waals surface area contributed by atoms with Gasteiger partial charge in [-0.2, -0.15) is 0 Å². The first-order chi connectivity index (χ1) is 12.5. The van der Waals surface area contributed by atoms with Crippen LogP contribution in [-0.2, 0) is 4.79 Å². The van der Waals surface area contributed by atoms with Gasteiger partial charge < -0.3 is 14.5 Å². The highest BCUT2D eigenvalue weighted by molar-refractivity contribution is 6.30. The van der Waals surface area contributed by atoms with Gasteiger partial charge in [0.25, 0.3) is 0 Å². The normalized spacial score (nSPS) is 11.6. The number of fused-ring (bicyclic) bond motifs is 1. The van der Waals surface area contributed by atoms with Crippen molar-refractivity contribution in [3.05, 3.63) is 59.0 Å². The van der Waals surface area contributed by atoms with E-state index in [1.165, 1.54) is 12.3 Å². The first-order valence-electron chi connectivity index (χ1n) is 8.23. The number of pyridine rings is 1. The molecule has 3 aromatic rings. The van der Waals surface area contributed by atoms with E-state index in [2.05, 4.69) is 10.3 Å². The molecule has 26 heavy (non-hydrogen) atoms. The largest absolute Gasteiger partial charge is 0.493 e. The van der Waals surface area contributed by atoms with Crippen molar-refractivity contribution in [1.29, 1.82) is 0 Å². The van der Waals surface area contributed by atoms with Crippen molar-refractivity contribution in [2.75, 3.05) is 11.9 Å². The van der Waals surface area contributed by atoms with Gasteiger partial charge in [0.15, 0.2) is 0 Å². The molecule has 134 valence electrons. The predicted molar refractivity (Wildman–Crippen MR) is 104 cm³/mol. The summed E-state index contributed by atoms with van der Waals surface area (Å²) in [6.07, 6.45) is 4.72. The van der Waals surface area contributed by atoms with Crippen LogP contribution in [0.15, 0.2) is 47.2 Å². The van der Waals surface area contributed by atoms with Gasteiger partial charge in [0.1, 0.15) is 17.2 Å². The molecule has 0 fully saturated rings. The minimum absolute atomic E-state index is 0.274. The highest BCUT2D eigenvalue weighted by Gasteiger charge is 2.13. The number of hydrogen-bond acceptors (Lipinski definition) is 4. The zero-order valence-corrected chi connectivity index (χ0v) is 15.6. The van der Waals surface area contributed by atoms with Crippen LogP contribution in [0.25, 0.3) is 16.5 Å². The number of halogens is 1. The Morgan fingerprint density at radius 1 is 1.38 bits per heavy atom. The lowest BCUT2D eigenvalue weighted by molar-refractivity contribution is -0.111. The predicted octanol–water partition coefficient (Wildman–Crippen LogP) is 5.23. The molecular weight excluding hydrogens is 352 g/mol. The number of furan rings is 1. The molecule has 3 rings (SSSR count). The minimum atomic E-state index is -0.274. The van der Waals surface area contributed by atoms with Crippen molar-refractivity contribution in [3.8, 4) is 5.75 Å². The third-order valence-corrected chi connectivity index (χ3v) is 4.14. The number of nitrogens with one attached hydrogen (secondary N) is 1. The molecule has 0 bridgehead atoms. The lowest BCUT2D eigenvalue weighted by Gasteiger charge is -2.11. The lowest BCUT2D eigenvalue weighted by atomic mass is 10.0. The average molecular weight is 371 g/mol. The van der Waals surface area contributed by atoms with E-state index in [0.29, 0.717) is 23.2 Å². The van der Waals surface area contributed by atoms with Gasteiger partial charge in [0.2, 0.25) is 5.91 Å². The molecule has 0 aliphatic rings. The Morgan fingerprint density at radius 2 is 2.19 bits per heavy atom. The third kappa shape index (κ3) is 3.89. The maximum atomic E-state index is 12.3. The maximum Gasteiger partial charge on any atom is 0.249 e. The van der Waals surface area contributed by atoms with Gasteiger partial charge >= 0.3 is 0 Å². The van der Waals surface area contributed by atoms with E-state index in [-0.39, 0.29) is 5.91 Å². The van der Waals surface area contributed by atoms with E-state index >= 15 is 0 Å². The van der Waals surface area contributed by atoms with Gasteiger partial charge in [-0.15, -0.1) is 0 Å². The first kappa shape index (κ1) is 18.0. The number of benzene rings is 1. The highest BCUT2D eigenvalue weighted by atomic mass is 35.5. The number of aryl methyl sites for hydroxylation is 1. The molecule has 0 spiro atoms. The van der Waals surface area contributed by atoms with Crippen molar-refractivity contribution < 1.29 is 13.9 Å². The van der Waals surface area contributed by atoms with Crippen LogP contribution in [0, 0.1) is 6.92 Å². The fourth-order valence-corrected chi connectivity index (χ4v) is 2.76. The second kappa shape index (κ2) is 7.62. The molecule has 0 atom stereocenters. The maximum absolute atomic E-state index is 12.3. The molecule has 0 aliphatic heterocycles. The van der Waals surface area contributed by atoms with Gasteiger partial charge in [0.05, 0.1) is 17.9 Å². The van der Waals surface area contributed by atoms with Crippen LogP contribution in [0.3, 0.4) is 0 Å². The molecule has 0 radical (unpaired) electrons. The van der Waals surface area contributed by atoms with E-state index < -0.39 is 0 Å². The van der Waals surface area contributed by atoms with Crippen molar-refractivity contribution in [1.82, 2.24) is 4.98 Å². The highest BCUT2D eigenvalue weighted by Crippen LogP contribution is 2.33. The Kier molecular flexibility index (Phi) is 5.28. The summed E-state index contributed by atoms with van der Waals surface area (Å²) in [5.74, 6) is 0.846. The smallest absolute Gasteiger partial charge is 0.249 e. The van der Waals surface area contributed by atoms with Gasteiger partial charge in [-0.3, -0.25) is 4.79 Å². The zero-order valence-electron chi connectivity index (χ0n) is 14.8. The Bertz CT molecular complexity index is 975. The third-order valence-electron chi connectivity index (χ3n) is 3.92. The van der Waals surface area contributed by atoms with Gasteiger partial charge in [-0.05, 0) is 50.1 Å². The fraction of sp³-hybridized carbons (Fsp3) is 0.200. The number of carbonyl (C=O) groups is 1. The van der Waals surface area contributed by atoms with Crippen molar-refractivity contribution in [2.45, 2.75) is 20.8 Å². The Hall–Kier alpha value is -2.79. The summed E-state index contributed by atoms with van der Waals surface area (Å²) in [6.45, 7) is 6.29. The second-order valence-electron chi connectivity index (χ2n) is 5.87. The van der Waals surface area contributed by atoms with E-state index in [1.807, 2.05) is 32.9 Å². The Morgan fingerprint density at radius 3 is 2.88 bits per heavy atom. The first-order valence-corrected chi connectivity index (χ1v) is 8.61. The number of hydrogen-bond donors (Lipinski definition) is 1. The summed E-state index contributed by atoms with van der Waals surface area (Å²) in [6, 6.07) is 7.16. The summed E-state index contributed by atoms with van der Waals surface area (Å²) < 4.78 is 11.3. The number of rotatable bonds is 5. The quantitative estimate of drug-likeness (QED) is 0.624. The molecule has 2 heterocycles. The van der Waals surface area contributed by atoms with Crippen LogP contribution in [0.4, 0.5) is 5.82 Å². The zero-order chi connectivity index (χ0) is 18.7. The molecule has 0 saturated carbocycles. The van der Waals surface area contributed by atoms with E-state index in [0.717, 1.165) is 27.7 Å². The van der Waals surface area contributed by atoms with Crippen LogP contribution in [0.2, 0.25) is 5.02 Å². The standard InChI is InChI=1S/C20H19ClN2O3/c1-4-25-17-9-18-16(13(3)11-26-18)8-15(17)12(2)7-20(24)23-19-6-5-14(21)10-22-19/h5-11H,4H2,1-3H3,(H,22,23,24)/b12-7+. The lowest BCUT2D eigenvalue weighted by Crippen LogP contribution is -2.10. The molecular formula is C20H19ClN2O3. The Labute approximate surface area is 156 Å². The molecule has 2 aromatic heterocycles. The van der Waals surface area contributed by atoms with E-state index in [4.69, 9.17) is 20.8 Å². The summed E-state index contributed by atoms with van der Waals surface area (Å²) in [7, 11) is 0. The van der Waals surface area contributed by atoms with Crippen molar-refractivity contribution in [2.24, 2.45) is 0 Å². The molecule has 6 heteroatoms. The Balaban J connectivity index is 1.91. The molecule has 1 aromatic carbocycles. The summed E-state index contributed by atoms with van der Waals surface area (Å²) in [4.78, 5) is 16.4. The summed E-state index contributed by atoms with van der Waals surface area (Å²) >= 11 is 5.80. The fourth-order valence-electron chi connectivity index (χ4n) is 2.65. The van der Waals surface area contributed by atoms with E-state index in [1.54, 1.807) is 18.4 Å². The summed E-state index contributed by atoms with van der Waals surface area (Å²) in [5, 5.41) is 4.23. The van der Waals surface area contributed by atoms with Gasteiger partial charge in [-0.25, -0.2) is 4.98 Å². The number of aromatic nitrogens is 1. The monoisotopic (exact) mass is 370 g/mol. The topological polar surface area (TPSA) is 64.4 Å². The van der Waals surface area contributed by atoms with Crippen molar-refractivity contribution >= 4 is 39.9 Å². The van der Waals surface area contributed by atoms with Crippen LogP contribution >= 0.6 is 11.6 Å². The van der Waals surface area contributed by atoms with Crippen LogP contribution in [0.5, 0.6) is 5.75 Å². The summed E-state index contributed by atoms with van der Waals surface area (Å²) in [5.41, 5.74) is 3.43. The number of carbonyl (C=O) groups excluding carboxylic acids is 1. The van der Waals surface area contributed by atoms with Gasteiger partial charge in [0, 0.05) is 29.3 Å². The molecule has 0 unspecified atom stereocenters. The number of ether oxygens (including phenoxy) is 1. The molecule has 5 nitrogen and oxygen atoms in total. The SMILES string of the molecule is CCOc1cc2occ(C)c2cc1/C(C)=C/C(=O)Nc1ccc(Cl)cn1. The molecule has 1 N–H and O–H groups in total. The number of anilines is 1. The van der Waals surface area contributed by atoms with E-state index in [9.17, 15) is 4.79 Å². The molecule has 0 saturated heterocycles. The number of amides is 1. The van der Waals surface area contributed by atoms with Crippen molar-refractivity contribution in [3.63, 3.8) is 0 Å². The van der Waals surface area contributed by atoms with Crippen LogP contribution in [0.1, 0.15) is 25.0 Å². The van der Waals surface area contributed by atoms with Crippen LogP contribution in [-0.4, -0.2) is 17.5 Å². The number of allylic oxidation sites excluding steroid dienone is 1. The van der Waals surface area contributed by atoms with Gasteiger partial charge in [-0.1, -0.05) is 11.6 Å². The average Bonchev–Trinajstić information content (AvgIpc) is 2.97. The molecule has 1 amide bonds. The second-order valence-corrected chi connectivity index (χ2v) is 6.31. The minimum Gasteiger partial charge on any atom is -0.493 e.